The number of benzene rings is 2. The quantitative estimate of drug-likeness (QED) is 0.803. The molecule has 1 aliphatic heterocycles. The van der Waals surface area contributed by atoms with Crippen molar-refractivity contribution in [3.63, 3.8) is 0 Å². The molecule has 1 fully saturated rings. The lowest BCUT2D eigenvalue weighted by molar-refractivity contribution is 0.616. The van der Waals surface area contributed by atoms with Crippen molar-refractivity contribution in [3.8, 4) is 0 Å². The van der Waals surface area contributed by atoms with Gasteiger partial charge in [-0.3, -0.25) is 0 Å². The maximum atomic E-state index is 6.14. The highest BCUT2D eigenvalue weighted by atomic mass is 35.5. The van der Waals surface area contributed by atoms with Crippen LogP contribution in [0.25, 0.3) is 0 Å². The molecule has 0 bridgehead atoms. The molecule has 2 aromatic rings. The lowest BCUT2D eigenvalue weighted by Crippen LogP contribution is -2.35. The molecular weight excluding hydrogens is 266 g/mol. The van der Waals surface area contributed by atoms with Crippen LogP contribution in [0.2, 0.25) is 5.02 Å². The van der Waals surface area contributed by atoms with E-state index in [9.17, 15) is 0 Å². The smallest absolute Gasteiger partial charge is 0.0445 e. The number of halogens is 1. The van der Waals surface area contributed by atoms with Gasteiger partial charge < -0.3 is 4.90 Å². The van der Waals surface area contributed by atoms with E-state index in [1.54, 1.807) is 0 Å². The highest BCUT2D eigenvalue weighted by molar-refractivity contribution is 6.30. The van der Waals surface area contributed by atoms with E-state index in [1.165, 1.54) is 36.1 Å². The summed E-state index contributed by atoms with van der Waals surface area (Å²) < 4.78 is 0. The maximum absolute atomic E-state index is 6.14. The van der Waals surface area contributed by atoms with Gasteiger partial charge in [-0.25, -0.2) is 0 Å². The van der Waals surface area contributed by atoms with Crippen LogP contribution >= 0.6 is 11.6 Å². The van der Waals surface area contributed by atoms with Crippen LogP contribution in [0.5, 0.6) is 0 Å². The van der Waals surface area contributed by atoms with E-state index in [0.29, 0.717) is 5.54 Å². The summed E-state index contributed by atoms with van der Waals surface area (Å²) in [5.41, 5.74) is 4.68. The van der Waals surface area contributed by atoms with E-state index >= 15 is 0 Å². The summed E-state index contributed by atoms with van der Waals surface area (Å²) in [6.07, 6.45) is 4.95. The lowest BCUT2D eigenvalue weighted by atomic mass is 10.1. The fourth-order valence-electron chi connectivity index (χ4n) is 3.50. The van der Waals surface area contributed by atoms with Gasteiger partial charge in [0, 0.05) is 22.8 Å². The van der Waals surface area contributed by atoms with Crippen LogP contribution in [0.15, 0.2) is 48.5 Å². The zero-order chi connectivity index (χ0) is 13.6. The molecule has 0 unspecified atom stereocenters. The van der Waals surface area contributed by atoms with Crippen molar-refractivity contribution in [2.45, 2.75) is 31.2 Å². The monoisotopic (exact) mass is 283 g/mol. The minimum Gasteiger partial charge on any atom is -0.365 e. The third-order valence-corrected chi connectivity index (χ3v) is 4.95. The molecule has 4 rings (SSSR count). The first-order valence-corrected chi connectivity index (χ1v) is 7.75. The normalized spacial score (nSPS) is 18.4. The van der Waals surface area contributed by atoms with E-state index in [1.807, 2.05) is 6.07 Å². The Balaban J connectivity index is 1.58. The Morgan fingerprint density at radius 1 is 1.05 bits per heavy atom. The molecular formula is C18H18ClN. The Hall–Kier alpha value is -1.47. The van der Waals surface area contributed by atoms with Crippen LogP contribution in [0.4, 0.5) is 5.69 Å². The van der Waals surface area contributed by atoms with Crippen LogP contribution in [0.1, 0.15) is 24.0 Å². The van der Waals surface area contributed by atoms with Crippen LogP contribution < -0.4 is 4.90 Å². The molecule has 0 atom stereocenters. The number of anilines is 1. The highest BCUT2D eigenvalue weighted by Gasteiger charge is 2.52. The van der Waals surface area contributed by atoms with Gasteiger partial charge in [-0.2, -0.15) is 0 Å². The summed E-state index contributed by atoms with van der Waals surface area (Å²) in [7, 11) is 0. The topological polar surface area (TPSA) is 3.24 Å². The zero-order valence-electron chi connectivity index (χ0n) is 11.5. The Bertz CT molecular complexity index is 631. The molecule has 2 aromatic carbocycles. The van der Waals surface area contributed by atoms with Gasteiger partial charge in [0.25, 0.3) is 0 Å². The fraction of sp³-hybridized carbons (Fsp3) is 0.333. The van der Waals surface area contributed by atoms with Crippen molar-refractivity contribution in [2.75, 3.05) is 11.4 Å². The standard InChI is InChI=1S/C18H18ClN/c19-16-6-7-17-15(12-16)13-18(9-10-18)20(17)11-8-14-4-2-1-3-5-14/h1-7,12H,8-11,13H2. The van der Waals surface area contributed by atoms with E-state index in [0.717, 1.165) is 18.0 Å². The number of hydrogen-bond acceptors (Lipinski definition) is 1. The Kier molecular flexibility index (Phi) is 2.78. The molecule has 1 nitrogen and oxygen atoms in total. The van der Waals surface area contributed by atoms with Crippen molar-refractivity contribution in [3.05, 3.63) is 64.7 Å². The number of hydrogen-bond donors (Lipinski definition) is 0. The lowest BCUT2D eigenvalue weighted by Gasteiger charge is -2.27. The molecule has 1 heterocycles. The summed E-state index contributed by atoms with van der Waals surface area (Å²) in [4.78, 5) is 2.63. The highest BCUT2D eigenvalue weighted by Crippen LogP contribution is 2.53. The predicted octanol–water partition coefficient (Wildman–Crippen LogP) is 4.48. The van der Waals surface area contributed by atoms with Crippen LogP contribution in [-0.4, -0.2) is 12.1 Å². The molecule has 0 radical (unpaired) electrons. The first-order valence-electron chi connectivity index (χ1n) is 7.37. The van der Waals surface area contributed by atoms with Crippen molar-refractivity contribution in [2.24, 2.45) is 0 Å². The average Bonchev–Trinajstić information content (AvgIpc) is 3.15. The summed E-state index contributed by atoms with van der Waals surface area (Å²) in [6, 6.07) is 17.2. The zero-order valence-corrected chi connectivity index (χ0v) is 12.2. The molecule has 102 valence electrons. The molecule has 0 amide bonds. The van der Waals surface area contributed by atoms with E-state index < -0.39 is 0 Å². The van der Waals surface area contributed by atoms with Crippen LogP contribution in [0, 0.1) is 0 Å². The Morgan fingerprint density at radius 2 is 1.85 bits per heavy atom. The number of rotatable bonds is 3. The average molecular weight is 284 g/mol. The van der Waals surface area contributed by atoms with Crippen molar-refractivity contribution in [1.82, 2.24) is 0 Å². The summed E-state index contributed by atoms with van der Waals surface area (Å²) >= 11 is 6.14. The van der Waals surface area contributed by atoms with Crippen molar-refractivity contribution >= 4 is 17.3 Å². The third-order valence-electron chi connectivity index (χ3n) is 4.72. The van der Waals surface area contributed by atoms with Gasteiger partial charge in [-0.15, -0.1) is 0 Å². The SMILES string of the molecule is Clc1ccc2c(c1)CC1(CC1)N2CCc1ccccc1. The summed E-state index contributed by atoms with van der Waals surface area (Å²) in [5, 5.41) is 0.865. The molecule has 1 aliphatic carbocycles. The van der Waals surface area contributed by atoms with Gasteiger partial charge in [-0.1, -0.05) is 41.9 Å². The molecule has 1 spiro atoms. The molecule has 1 saturated carbocycles. The summed E-state index contributed by atoms with van der Waals surface area (Å²) in [6.45, 7) is 1.11. The minimum absolute atomic E-state index is 0.418. The maximum Gasteiger partial charge on any atom is 0.0445 e. The van der Waals surface area contributed by atoms with E-state index in [4.69, 9.17) is 11.6 Å². The second-order valence-corrected chi connectivity index (χ2v) is 6.50. The van der Waals surface area contributed by atoms with Gasteiger partial charge >= 0.3 is 0 Å². The first-order chi connectivity index (χ1) is 9.77. The molecule has 2 aliphatic rings. The first kappa shape index (κ1) is 12.3. The van der Waals surface area contributed by atoms with Gasteiger partial charge in [0.05, 0.1) is 0 Å². The van der Waals surface area contributed by atoms with Gasteiger partial charge in [0.15, 0.2) is 0 Å². The van der Waals surface area contributed by atoms with Gasteiger partial charge in [-0.05, 0) is 55.0 Å². The van der Waals surface area contributed by atoms with Crippen molar-refractivity contribution < 1.29 is 0 Å². The molecule has 20 heavy (non-hydrogen) atoms. The molecule has 0 aromatic heterocycles. The Labute approximate surface area is 125 Å². The molecule has 0 N–H and O–H groups in total. The van der Waals surface area contributed by atoms with Crippen molar-refractivity contribution in [1.29, 1.82) is 0 Å². The van der Waals surface area contributed by atoms with E-state index in [-0.39, 0.29) is 0 Å². The third kappa shape index (κ3) is 2.01. The fourth-order valence-corrected chi connectivity index (χ4v) is 3.69. The number of nitrogens with zero attached hydrogens (tertiary/aromatic N) is 1. The second kappa shape index (κ2) is 4.53. The molecule has 2 heteroatoms. The largest absolute Gasteiger partial charge is 0.365 e. The van der Waals surface area contributed by atoms with Gasteiger partial charge in [0.2, 0.25) is 0 Å². The van der Waals surface area contributed by atoms with Gasteiger partial charge in [0.1, 0.15) is 0 Å². The molecule has 0 saturated heterocycles. The predicted molar refractivity (Wildman–Crippen MR) is 84.6 cm³/mol. The second-order valence-electron chi connectivity index (χ2n) is 6.06. The summed E-state index contributed by atoms with van der Waals surface area (Å²) in [5.74, 6) is 0. The van der Waals surface area contributed by atoms with Crippen LogP contribution in [-0.2, 0) is 12.8 Å². The Morgan fingerprint density at radius 3 is 2.60 bits per heavy atom. The van der Waals surface area contributed by atoms with Crippen LogP contribution in [0.3, 0.4) is 0 Å². The number of fused-ring (bicyclic) bond motifs is 1. The minimum atomic E-state index is 0.418. The van der Waals surface area contributed by atoms with E-state index in [2.05, 4.69) is 47.4 Å².